The lowest BCUT2D eigenvalue weighted by atomic mass is 10.2. The van der Waals surface area contributed by atoms with Gasteiger partial charge in [0.15, 0.2) is 6.23 Å². The number of hydrogen-bond acceptors (Lipinski definition) is 2. The van der Waals surface area contributed by atoms with Gasteiger partial charge in [0, 0.05) is 5.56 Å². The Hall–Kier alpha value is -1.80. The maximum absolute atomic E-state index is 5.94. The molecule has 2 heteroatoms. The van der Waals surface area contributed by atoms with Crippen molar-refractivity contribution in [1.82, 2.24) is 0 Å². The second-order valence-electron chi connectivity index (χ2n) is 3.76. The SMILES string of the molecule is Cc1ccc(OC(N)c2ccccc2)cc1. The zero-order chi connectivity index (χ0) is 11.4. The van der Waals surface area contributed by atoms with Crippen LogP contribution >= 0.6 is 0 Å². The summed E-state index contributed by atoms with van der Waals surface area (Å²) in [6.45, 7) is 2.04. The molecular weight excluding hydrogens is 198 g/mol. The highest BCUT2D eigenvalue weighted by Gasteiger charge is 2.06. The van der Waals surface area contributed by atoms with E-state index in [1.807, 2.05) is 61.5 Å². The lowest BCUT2D eigenvalue weighted by Crippen LogP contribution is -2.17. The van der Waals surface area contributed by atoms with Crippen molar-refractivity contribution in [2.45, 2.75) is 13.2 Å². The third-order valence-electron chi connectivity index (χ3n) is 2.41. The van der Waals surface area contributed by atoms with Crippen LogP contribution in [0.15, 0.2) is 54.6 Å². The molecule has 0 fully saturated rings. The summed E-state index contributed by atoms with van der Waals surface area (Å²) in [5.74, 6) is 0.793. The van der Waals surface area contributed by atoms with Gasteiger partial charge in [0.2, 0.25) is 0 Å². The van der Waals surface area contributed by atoms with E-state index < -0.39 is 6.23 Å². The first-order valence-electron chi connectivity index (χ1n) is 5.29. The van der Waals surface area contributed by atoms with Crippen LogP contribution in [0.3, 0.4) is 0 Å². The molecule has 0 amide bonds. The Bertz CT molecular complexity index is 436. The first kappa shape index (κ1) is 10.7. The summed E-state index contributed by atoms with van der Waals surface area (Å²) in [5, 5.41) is 0. The minimum Gasteiger partial charge on any atom is -0.471 e. The van der Waals surface area contributed by atoms with Gasteiger partial charge in [0.05, 0.1) is 0 Å². The van der Waals surface area contributed by atoms with Crippen molar-refractivity contribution in [3.05, 3.63) is 65.7 Å². The van der Waals surface area contributed by atoms with Gasteiger partial charge in [0.25, 0.3) is 0 Å². The number of rotatable bonds is 3. The van der Waals surface area contributed by atoms with Crippen molar-refractivity contribution in [1.29, 1.82) is 0 Å². The predicted octanol–water partition coefficient (Wildman–Crippen LogP) is 3.03. The highest BCUT2D eigenvalue weighted by molar-refractivity contribution is 5.27. The van der Waals surface area contributed by atoms with Crippen molar-refractivity contribution in [3.63, 3.8) is 0 Å². The van der Waals surface area contributed by atoms with Gasteiger partial charge in [-0.05, 0) is 19.1 Å². The van der Waals surface area contributed by atoms with Gasteiger partial charge in [0.1, 0.15) is 5.75 Å². The molecule has 16 heavy (non-hydrogen) atoms. The second kappa shape index (κ2) is 4.81. The number of nitrogens with two attached hydrogens (primary N) is 1. The van der Waals surface area contributed by atoms with Gasteiger partial charge in [-0.25, -0.2) is 0 Å². The van der Waals surface area contributed by atoms with E-state index in [4.69, 9.17) is 10.5 Å². The number of benzene rings is 2. The fourth-order valence-corrected chi connectivity index (χ4v) is 1.47. The number of hydrogen-bond donors (Lipinski definition) is 1. The van der Waals surface area contributed by atoms with E-state index in [1.54, 1.807) is 0 Å². The largest absolute Gasteiger partial charge is 0.471 e. The minimum absolute atomic E-state index is 0.413. The topological polar surface area (TPSA) is 35.2 Å². The summed E-state index contributed by atoms with van der Waals surface area (Å²) in [5.41, 5.74) is 8.13. The van der Waals surface area contributed by atoms with Gasteiger partial charge in [-0.1, -0.05) is 48.0 Å². The Balaban J connectivity index is 2.08. The molecule has 2 aromatic rings. The lowest BCUT2D eigenvalue weighted by molar-refractivity contribution is 0.214. The molecular formula is C14H15NO. The Morgan fingerprint density at radius 3 is 2.19 bits per heavy atom. The van der Waals surface area contributed by atoms with E-state index in [9.17, 15) is 0 Å². The van der Waals surface area contributed by atoms with E-state index in [1.165, 1.54) is 5.56 Å². The first-order chi connectivity index (χ1) is 7.75. The summed E-state index contributed by atoms with van der Waals surface area (Å²) in [4.78, 5) is 0. The van der Waals surface area contributed by atoms with E-state index in [2.05, 4.69) is 0 Å². The van der Waals surface area contributed by atoms with Crippen LogP contribution in [0.1, 0.15) is 17.4 Å². The third-order valence-corrected chi connectivity index (χ3v) is 2.41. The number of aryl methyl sites for hydroxylation is 1. The lowest BCUT2D eigenvalue weighted by Gasteiger charge is -2.14. The Kier molecular flexibility index (Phi) is 3.22. The maximum atomic E-state index is 5.94. The normalized spacial score (nSPS) is 12.1. The molecule has 2 nitrogen and oxygen atoms in total. The van der Waals surface area contributed by atoms with E-state index in [0.29, 0.717) is 0 Å². The maximum Gasteiger partial charge on any atom is 0.174 e. The van der Waals surface area contributed by atoms with E-state index >= 15 is 0 Å². The molecule has 0 radical (unpaired) electrons. The van der Waals surface area contributed by atoms with Crippen molar-refractivity contribution in [2.24, 2.45) is 5.73 Å². The van der Waals surface area contributed by atoms with Crippen LogP contribution in [0.25, 0.3) is 0 Å². The Labute approximate surface area is 95.7 Å². The molecule has 0 aliphatic carbocycles. The molecule has 2 rings (SSSR count). The fraction of sp³-hybridized carbons (Fsp3) is 0.143. The molecule has 0 spiro atoms. The highest BCUT2D eigenvalue weighted by Crippen LogP contribution is 2.18. The summed E-state index contributed by atoms with van der Waals surface area (Å²) in [7, 11) is 0. The molecule has 0 aliphatic heterocycles. The quantitative estimate of drug-likeness (QED) is 0.795. The van der Waals surface area contributed by atoms with Crippen LogP contribution in [0.2, 0.25) is 0 Å². The minimum atomic E-state index is -0.413. The average Bonchev–Trinajstić information content (AvgIpc) is 2.33. The fourth-order valence-electron chi connectivity index (χ4n) is 1.47. The van der Waals surface area contributed by atoms with E-state index in [-0.39, 0.29) is 0 Å². The van der Waals surface area contributed by atoms with Crippen LogP contribution in [0, 0.1) is 6.92 Å². The smallest absolute Gasteiger partial charge is 0.174 e. The molecule has 82 valence electrons. The van der Waals surface area contributed by atoms with Crippen molar-refractivity contribution in [2.75, 3.05) is 0 Å². The number of ether oxygens (including phenoxy) is 1. The summed E-state index contributed by atoms with van der Waals surface area (Å²) < 4.78 is 5.63. The Morgan fingerprint density at radius 1 is 0.938 bits per heavy atom. The van der Waals surface area contributed by atoms with Crippen molar-refractivity contribution in [3.8, 4) is 5.75 Å². The van der Waals surface area contributed by atoms with Crippen LogP contribution in [-0.4, -0.2) is 0 Å². The third kappa shape index (κ3) is 2.61. The monoisotopic (exact) mass is 213 g/mol. The molecule has 0 aromatic heterocycles. The van der Waals surface area contributed by atoms with Gasteiger partial charge in [-0.3, -0.25) is 5.73 Å². The zero-order valence-electron chi connectivity index (χ0n) is 9.26. The van der Waals surface area contributed by atoms with E-state index in [0.717, 1.165) is 11.3 Å². The summed E-state index contributed by atoms with van der Waals surface area (Å²) in [6, 6.07) is 17.7. The molecule has 0 saturated carbocycles. The molecule has 0 heterocycles. The van der Waals surface area contributed by atoms with Crippen LogP contribution in [-0.2, 0) is 0 Å². The van der Waals surface area contributed by atoms with Crippen molar-refractivity contribution < 1.29 is 4.74 Å². The van der Waals surface area contributed by atoms with Crippen molar-refractivity contribution >= 4 is 0 Å². The van der Waals surface area contributed by atoms with Gasteiger partial charge >= 0.3 is 0 Å². The molecule has 0 saturated heterocycles. The molecule has 2 aromatic carbocycles. The van der Waals surface area contributed by atoms with Gasteiger partial charge in [-0.15, -0.1) is 0 Å². The standard InChI is InChI=1S/C14H15NO/c1-11-7-9-13(10-8-11)16-14(15)12-5-3-2-4-6-12/h2-10,14H,15H2,1H3. The highest BCUT2D eigenvalue weighted by atomic mass is 16.5. The van der Waals surface area contributed by atoms with Crippen LogP contribution < -0.4 is 10.5 Å². The van der Waals surface area contributed by atoms with Gasteiger partial charge in [-0.2, -0.15) is 0 Å². The predicted molar refractivity (Wildman–Crippen MR) is 65.2 cm³/mol. The molecule has 1 atom stereocenters. The Morgan fingerprint density at radius 2 is 1.56 bits per heavy atom. The molecule has 0 bridgehead atoms. The van der Waals surface area contributed by atoms with Crippen LogP contribution in [0.4, 0.5) is 0 Å². The second-order valence-corrected chi connectivity index (χ2v) is 3.76. The molecule has 0 aliphatic rings. The summed E-state index contributed by atoms with van der Waals surface area (Å²) in [6.07, 6.45) is -0.413. The van der Waals surface area contributed by atoms with Crippen LogP contribution in [0.5, 0.6) is 5.75 Å². The first-order valence-corrected chi connectivity index (χ1v) is 5.29. The molecule has 1 unspecified atom stereocenters. The summed E-state index contributed by atoms with van der Waals surface area (Å²) >= 11 is 0. The van der Waals surface area contributed by atoms with Gasteiger partial charge < -0.3 is 4.74 Å². The average molecular weight is 213 g/mol. The molecule has 2 N–H and O–H groups in total. The zero-order valence-corrected chi connectivity index (χ0v) is 9.26.